The summed E-state index contributed by atoms with van der Waals surface area (Å²) in [5.41, 5.74) is -0.780. The number of nitrogens with two attached hydrogens (primary N) is 1. The Kier molecular flexibility index (Phi) is 7.98. The molecule has 0 saturated heterocycles. The number of hydrogen-bond donors (Lipinski definition) is 2. The Labute approximate surface area is 218 Å². The molecule has 3 amide bonds. The number of fused-ring (bicyclic) bond motifs is 1. The smallest absolute Gasteiger partial charge is 0.384 e. The summed E-state index contributed by atoms with van der Waals surface area (Å²) in [4.78, 5) is 27.2. The third kappa shape index (κ3) is 5.40. The molecule has 214 valence electrons. The van der Waals surface area contributed by atoms with Gasteiger partial charge in [-0.05, 0) is 35.4 Å². The monoisotopic (exact) mass is 583 g/mol. The number of hydrogen-bond acceptors (Lipinski definition) is 6. The highest BCUT2D eigenvalue weighted by Gasteiger charge is 2.71. The normalized spacial score (nSPS) is 16.2. The van der Waals surface area contributed by atoms with Crippen LogP contribution >= 0.6 is 0 Å². The summed E-state index contributed by atoms with van der Waals surface area (Å²) in [6.07, 6.45) is -12.2. The van der Waals surface area contributed by atoms with Crippen LogP contribution in [0.1, 0.15) is 22.7 Å². The van der Waals surface area contributed by atoms with E-state index in [1.54, 1.807) is 0 Å². The number of methoxy groups -OCH3 is 1. The summed E-state index contributed by atoms with van der Waals surface area (Å²) < 4.78 is 109. The standard InChI is InChI=1S/C23H23F6N3O6S/c1-31(15-5-3-14(4-6-15)21(35,22(24,25)26)23(27,28)29)20(34)32-12-13-11-16(39(36,37)10-9-38-2)7-8-17(13)18(32)19(30)33/h3-8,11,18,35H,9-10,12H2,1-2H3,(H2,30,33). The van der Waals surface area contributed by atoms with E-state index in [2.05, 4.69) is 0 Å². The van der Waals surface area contributed by atoms with Crippen molar-refractivity contribution in [1.29, 1.82) is 0 Å². The van der Waals surface area contributed by atoms with Crippen LogP contribution in [0, 0.1) is 0 Å². The second-order valence-corrected chi connectivity index (χ2v) is 10.8. The number of amides is 3. The molecule has 1 aliphatic rings. The number of halogens is 6. The fourth-order valence-corrected chi connectivity index (χ4v) is 5.35. The van der Waals surface area contributed by atoms with Crippen molar-refractivity contribution < 1.29 is 54.2 Å². The van der Waals surface area contributed by atoms with Crippen LogP contribution < -0.4 is 10.6 Å². The molecule has 1 aliphatic heterocycles. The van der Waals surface area contributed by atoms with Crippen LogP contribution in [-0.4, -0.2) is 69.2 Å². The maximum Gasteiger partial charge on any atom is 0.430 e. The summed E-state index contributed by atoms with van der Waals surface area (Å²) in [5.74, 6) is -1.28. The van der Waals surface area contributed by atoms with Gasteiger partial charge in [0.1, 0.15) is 6.04 Å². The van der Waals surface area contributed by atoms with Crippen molar-refractivity contribution in [2.45, 2.75) is 35.4 Å². The van der Waals surface area contributed by atoms with Crippen molar-refractivity contribution in [3.05, 3.63) is 59.2 Å². The number of primary amides is 1. The molecule has 0 fully saturated rings. The van der Waals surface area contributed by atoms with Gasteiger partial charge in [-0.15, -0.1) is 0 Å². The van der Waals surface area contributed by atoms with Crippen molar-refractivity contribution in [2.24, 2.45) is 5.73 Å². The summed E-state index contributed by atoms with van der Waals surface area (Å²) in [6.45, 7) is -0.333. The summed E-state index contributed by atoms with van der Waals surface area (Å²) in [6, 6.07) is 3.91. The average Bonchev–Trinajstić information content (AvgIpc) is 3.24. The molecule has 1 unspecified atom stereocenters. The van der Waals surface area contributed by atoms with Crippen molar-refractivity contribution in [3.8, 4) is 0 Å². The second kappa shape index (κ2) is 10.3. The molecule has 1 atom stereocenters. The van der Waals surface area contributed by atoms with Gasteiger partial charge in [0, 0.05) is 32.0 Å². The second-order valence-electron chi connectivity index (χ2n) is 8.70. The van der Waals surface area contributed by atoms with Gasteiger partial charge in [-0.25, -0.2) is 13.2 Å². The van der Waals surface area contributed by atoms with Gasteiger partial charge >= 0.3 is 18.4 Å². The highest BCUT2D eigenvalue weighted by atomic mass is 32.2. The summed E-state index contributed by atoms with van der Waals surface area (Å²) in [5, 5.41) is 9.55. The lowest BCUT2D eigenvalue weighted by molar-refractivity contribution is -0.376. The lowest BCUT2D eigenvalue weighted by atomic mass is 9.92. The van der Waals surface area contributed by atoms with E-state index in [0.717, 1.165) is 29.0 Å². The summed E-state index contributed by atoms with van der Waals surface area (Å²) >= 11 is 0. The predicted octanol–water partition coefficient (Wildman–Crippen LogP) is 3.02. The number of anilines is 1. The number of aliphatic hydroxyl groups is 1. The zero-order valence-corrected chi connectivity index (χ0v) is 21.2. The van der Waals surface area contributed by atoms with Crippen LogP contribution in [0.25, 0.3) is 0 Å². The third-order valence-electron chi connectivity index (χ3n) is 6.27. The molecule has 3 rings (SSSR count). The van der Waals surface area contributed by atoms with Crippen LogP contribution in [0.2, 0.25) is 0 Å². The molecule has 39 heavy (non-hydrogen) atoms. The molecule has 2 aromatic carbocycles. The molecule has 0 spiro atoms. The van der Waals surface area contributed by atoms with Gasteiger partial charge in [0.05, 0.1) is 17.3 Å². The molecule has 16 heteroatoms. The number of urea groups is 1. The maximum atomic E-state index is 13.3. The Balaban J connectivity index is 1.91. The molecular formula is C23H23F6N3O6S. The largest absolute Gasteiger partial charge is 0.430 e. The quantitative estimate of drug-likeness (QED) is 0.482. The molecule has 0 saturated carbocycles. The number of rotatable bonds is 7. The fraction of sp³-hybridized carbons (Fsp3) is 0.391. The molecule has 0 aromatic heterocycles. The number of ether oxygens (including phenoxy) is 1. The molecule has 1 heterocycles. The predicted molar refractivity (Wildman–Crippen MR) is 124 cm³/mol. The van der Waals surface area contributed by atoms with E-state index in [1.165, 1.54) is 25.3 Å². The van der Waals surface area contributed by atoms with Gasteiger partial charge in [0.25, 0.3) is 5.60 Å². The Bertz CT molecular complexity index is 1350. The topological polar surface area (TPSA) is 130 Å². The molecule has 2 aromatic rings. The first-order valence-electron chi connectivity index (χ1n) is 11.0. The fourth-order valence-electron chi connectivity index (χ4n) is 4.14. The molecule has 3 N–H and O–H groups in total. The van der Waals surface area contributed by atoms with Crippen LogP contribution in [0.15, 0.2) is 47.4 Å². The van der Waals surface area contributed by atoms with Crippen molar-refractivity contribution in [3.63, 3.8) is 0 Å². The van der Waals surface area contributed by atoms with Gasteiger partial charge in [-0.3, -0.25) is 9.69 Å². The minimum Gasteiger partial charge on any atom is -0.384 e. The first-order chi connectivity index (χ1) is 17.9. The lowest BCUT2D eigenvalue weighted by Crippen LogP contribution is -2.53. The molecule has 9 nitrogen and oxygen atoms in total. The van der Waals surface area contributed by atoms with Crippen LogP contribution in [-0.2, 0) is 31.5 Å². The van der Waals surface area contributed by atoms with Gasteiger partial charge in [0.15, 0.2) is 9.84 Å². The van der Waals surface area contributed by atoms with E-state index >= 15 is 0 Å². The van der Waals surface area contributed by atoms with Gasteiger partial charge in [-0.1, -0.05) is 18.2 Å². The number of carbonyl (C=O) groups is 2. The Morgan fingerprint density at radius 2 is 1.64 bits per heavy atom. The van der Waals surface area contributed by atoms with Crippen LogP contribution in [0.4, 0.5) is 36.8 Å². The van der Waals surface area contributed by atoms with Crippen molar-refractivity contribution in [2.75, 3.05) is 31.4 Å². The molecular weight excluding hydrogens is 560 g/mol. The van der Waals surface area contributed by atoms with Gasteiger partial charge in [-0.2, -0.15) is 26.3 Å². The van der Waals surface area contributed by atoms with Gasteiger partial charge in [0.2, 0.25) is 5.91 Å². The number of carbonyl (C=O) groups excluding carboxylic acids is 2. The molecule has 0 radical (unpaired) electrons. The van der Waals surface area contributed by atoms with Crippen LogP contribution in [0.3, 0.4) is 0 Å². The van der Waals surface area contributed by atoms with Gasteiger partial charge < -0.3 is 20.5 Å². The number of alkyl halides is 6. The zero-order chi connectivity index (χ0) is 29.6. The first-order valence-corrected chi connectivity index (χ1v) is 12.7. The molecule has 0 bridgehead atoms. The Morgan fingerprint density at radius 3 is 2.13 bits per heavy atom. The number of benzene rings is 2. The summed E-state index contributed by atoms with van der Waals surface area (Å²) in [7, 11) is -1.27. The van der Waals surface area contributed by atoms with Crippen molar-refractivity contribution >= 4 is 27.5 Å². The SMILES string of the molecule is COCCS(=O)(=O)c1ccc2c(c1)CN(C(=O)N(C)c1ccc(C(O)(C(F)(F)F)C(F)(F)F)cc1)C2C(N)=O. The van der Waals surface area contributed by atoms with E-state index in [0.29, 0.717) is 17.7 Å². The Hall–Kier alpha value is -3.37. The van der Waals surface area contributed by atoms with E-state index in [1.807, 2.05) is 0 Å². The highest BCUT2D eigenvalue weighted by molar-refractivity contribution is 7.91. The number of sulfone groups is 1. The van der Waals surface area contributed by atoms with E-state index in [-0.39, 0.29) is 35.1 Å². The third-order valence-corrected chi connectivity index (χ3v) is 7.95. The highest BCUT2D eigenvalue weighted by Crippen LogP contribution is 2.50. The average molecular weight is 584 g/mol. The Morgan fingerprint density at radius 1 is 1.08 bits per heavy atom. The number of nitrogens with zero attached hydrogens (tertiary/aromatic N) is 2. The van der Waals surface area contributed by atoms with E-state index in [9.17, 15) is 49.5 Å². The minimum atomic E-state index is -6.08. The first kappa shape index (κ1) is 30.2. The minimum absolute atomic E-state index is 0.0686. The maximum absolute atomic E-state index is 13.3. The van der Waals surface area contributed by atoms with E-state index in [4.69, 9.17) is 10.5 Å². The van der Waals surface area contributed by atoms with E-state index < -0.39 is 51.3 Å². The zero-order valence-electron chi connectivity index (χ0n) is 20.4. The van der Waals surface area contributed by atoms with Crippen LogP contribution in [0.5, 0.6) is 0 Å². The van der Waals surface area contributed by atoms with Crippen molar-refractivity contribution in [1.82, 2.24) is 4.90 Å². The molecule has 0 aliphatic carbocycles. The lowest BCUT2D eigenvalue weighted by Gasteiger charge is -2.33.